The predicted octanol–water partition coefficient (Wildman–Crippen LogP) is 4.99. The third-order valence-corrected chi connectivity index (χ3v) is 4.83. The van der Waals surface area contributed by atoms with Crippen molar-refractivity contribution < 1.29 is 9.59 Å². The minimum Gasteiger partial charge on any atom is -0.338 e. The van der Waals surface area contributed by atoms with Crippen LogP contribution in [0.15, 0.2) is 30.5 Å². The quantitative estimate of drug-likeness (QED) is 0.439. The molecule has 2 aromatic heterocycles. The summed E-state index contributed by atoms with van der Waals surface area (Å²) in [6.07, 6.45) is 2.24. The van der Waals surface area contributed by atoms with E-state index >= 15 is 0 Å². The number of urea groups is 1. The maximum atomic E-state index is 12.1. The number of nitrogens with zero attached hydrogens (tertiary/aromatic N) is 3. The Kier molecular flexibility index (Phi) is 6.20. The van der Waals surface area contributed by atoms with Crippen molar-refractivity contribution in [2.75, 3.05) is 16.8 Å². The molecule has 2 heterocycles. The van der Waals surface area contributed by atoms with Crippen molar-refractivity contribution >= 4 is 63.6 Å². The summed E-state index contributed by atoms with van der Waals surface area (Å²) < 4.78 is 0. The highest BCUT2D eigenvalue weighted by Gasteiger charge is 2.21. The number of aromatic nitrogens is 2. The van der Waals surface area contributed by atoms with Gasteiger partial charge in [0.05, 0.1) is 21.9 Å². The maximum absolute atomic E-state index is 12.1. The molecule has 0 unspecified atom stereocenters. The van der Waals surface area contributed by atoms with E-state index in [0.717, 1.165) is 5.56 Å². The second kappa shape index (κ2) is 8.63. The van der Waals surface area contributed by atoms with Crippen molar-refractivity contribution in [2.45, 2.75) is 20.8 Å². The Bertz CT molecular complexity index is 1080. The molecule has 0 radical (unpaired) electrons. The van der Waals surface area contributed by atoms with E-state index in [-0.39, 0.29) is 16.9 Å². The van der Waals surface area contributed by atoms with E-state index in [1.165, 1.54) is 4.90 Å². The molecule has 0 aliphatic heterocycles. The number of rotatable bonds is 5. The molecule has 3 aromatic rings. The minimum atomic E-state index is -0.324. The van der Waals surface area contributed by atoms with Crippen molar-refractivity contribution in [3.8, 4) is 0 Å². The summed E-state index contributed by atoms with van der Waals surface area (Å²) in [6.45, 7) is 5.93. The van der Waals surface area contributed by atoms with Gasteiger partial charge in [-0.2, -0.15) is 0 Å². The Balaban J connectivity index is 2.20. The van der Waals surface area contributed by atoms with E-state index in [4.69, 9.17) is 23.2 Å². The lowest BCUT2D eigenvalue weighted by Gasteiger charge is -2.22. The predicted molar refractivity (Wildman–Crippen MR) is 116 cm³/mol. The first-order chi connectivity index (χ1) is 13.9. The Morgan fingerprint density at radius 2 is 2.03 bits per heavy atom. The molecule has 7 nitrogen and oxygen atoms in total. The molecule has 3 rings (SSSR count). The van der Waals surface area contributed by atoms with Crippen molar-refractivity contribution in [1.29, 1.82) is 0 Å². The van der Waals surface area contributed by atoms with E-state index in [1.54, 1.807) is 31.3 Å². The van der Waals surface area contributed by atoms with E-state index in [1.807, 2.05) is 19.9 Å². The molecule has 29 heavy (non-hydrogen) atoms. The summed E-state index contributed by atoms with van der Waals surface area (Å²) in [5.41, 5.74) is 3.26. The second-order valence-corrected chi connectivity index (χ2v) is 7.10. The Hall–Kier alpha value is -2.90. The molecule has 2 N–H and O–H groups in total. The Morgan fingerprint density at radius 3 is 2.69 bits per heavy atom. The first-order valence-corrected chi connectivity index (χ1v) is 9.63. The summed E-state index contributed by atoms with van der Waals surface area (Å²) in [5.74, 6) is 0. The van der Waals surface area contributed by atoms with E-state index < -0.39 is 0 Å². The number of fused-ring (bicyclic) bond motifs is 1. The molecule has 150 valence electrons. The Labute approximate surface area is 178 Å². The first-order valence-electron chi connectivity index (χ1n) is 8.87. The summed E-state index contributed by atoms with van der Waals surface area (Å²) in [4.78, 5) is 34.1. The zero-order valence-electron chi connectivity index (χ0n) is 16.1. The van der Waals surface area contributed by atoms with Crippen LogP contribution in [0.1, 0.15) is 18.2 Å². The van der Waals surface area contributed by atoms with Crippen LogP contribution in [0.4, 0.5) is 21.9 Å². The monoisotopic (exact) mass is 431 g/mol. The topological polar surface area (TPSA) is 87.2 Å². The van der Waals surface area contributed by atoms with Gasteiger partial charge in [-0.25, -0.2) is 9.78 Å². The smallest absolute Gasteiger partial charge is 0.319 e. The summed E-state index contributed by atoms with van der Waals surface area (Å²) in [5, 5.41) is 6.62. The molecule has 1 aromatic carbocycles. The van der Waals surface area contributed by atoms with Gasteiger partial charge in [0.15, 0.2) is 5.15 Å². The number of aryl methyl sites for hydroxylation is 2. The fraction of sp³-hybridized carbons (Fsp3) is 0.200. The number of hydrogen-bond donors (Lipinski definition) is 2. The zero-order chi connectivity index (χ0) is 21.1. The van der Waals surface area contributed by atoms with Gasteiger partial charge in [-0.3, -0.25) is 14.7 Å². The first kappa shape index (κ1) is 20.8. The molecule has 9 heteroatoms. The molecular weight excluding hydrogens is 413 g/mol. The molecular formula is C20H19Cl2N5O2. The van der Waals surface area contributed by atoms with E-state index in [9.17, 15) is 9.59 Å². The fourth-order valence-corrected chi connectivity index (χ4v) is 3.73. The molecule has 0 spiro atoms. The van der Waals surface area contributed by atoms with Crippen molar-refractivity contribution in [3.05, 3.63) is 51.9 Å². The van der Waals surface area contributed by atoms with Crippen molar-refractivity contribution in [3.63, 3.8) is 0 Å². The standard InChI is InChI=1S/C20H19Cl2N5O2/c1-4-23-20(29)26-16-11(2)9-24-17-13(16)6-5-7-15(17)27(10-28)18-14(21)8-12(3)25-19(18)22/h5-10H,4H2,1-3H3,(H2,23,24,26,29). The fourth-order valence-electron chi connectivity index (χ4n) is 3.02. The summed E-state index contributed by atoms with van der Waals surface area (Å²) in [6, 6.07) is 6.61. The van der Waals surface area contributed by atoms with Gasteiger partial charge in [0.1, 0.15) is 5.69 Å². The molecule has 0 saturated heterocycles. The van der Waals surface area contributed by atoms with Crippen LogP contribution in [0.25, 0.3) is 10.9 Å². The van der Waals surface area contributed by atoms with Gasteiger partial charge in [-0.1, -0.05) is 35.3 Å². The van der Waals surface area contributed by atoms with Crippen LogP contribution in [0.5, 0.6) is 0 Å². The number of nitrogens with one attached hydrogen (secondary N) is 2. The van der Waals surface area contributed by atoms with Crippen LogP contribution < -0.4 is 15.5 Å². The van der Waals surface area contributed by atoms with Gasteiger partial charge in [-0.05, 0) is 38.5 Å². The molecule has 0 fully saturated rings. The maximum Gasteiger partial charge on any atom is 0.319 e. The van der Waals surface area contributed by atoms with Gasteiger partial charge in [0.25, 0.3) is 0 Å². The van der Waals surface area contributed by atoms with E-state index in [2.05, 4.69) is 20.6 Å². The normalized spacial score (nSPS) is 10.7. The molecule has 0 aliphatic carbocycles. The van der Waals surface area contributed by atoms with Gasteiger partial charge in [0, 0.05) is 23.8 Å². The number of anilines is 3. The number of pyridine rings is 2. The number of halogens is 2. The van der Waals surface area contributed by atoms with Crippen LogP contribution in [0.3, 0.4) is 0 Å². The number of amides is 3. The van der Waals surface area contributed by atoms with Gasteiger partial charge in [-0.15, -0.1) is 0 Å². The van der Waals surface area contributed by atoms with Crippen LogP contribution in [-0.4, -0.2) is 29.0 Å². The summed E-state index contributed by atoms with van der Waals surface area (Å²) in [7, 11) is 0. The number of para-hydroxylation sites is 1. The van der Waals surface area contributed by atoms with Crippen LogP contribution in [0.2, 0.25) is 10.2 Å². The molecule has 0 atom stereocenters. The lowest BCUT2D eigenvalue weighted by atomic mass is 10.1. The number of hydrogen-bond acceptors (Lipinski definition) is 4. The number of benzene rings is 1. The Morgan fingerprint density at radius 1 is 1.28 bits per heavy atom. The lowest BCUT2D eigenvalue weighted by Crippen LogP contribution is -2.28. The molecule has 0 saturated carbocycles. The highest BCUT2D eigenvalue weighted by Crippen LogP contribution is 2.40. The second-order valence-electron chi connectivity index (χ2n) is 6.33. The highest BCUT2D eigenvalue weighted by atomic mass is 35.5. The third kappa shape index (κ3) is 4.11. The average molecular weight is 432 g/mol. The lowest BCUT2D eigenvalue weighted by molar-refractivity contribution is -0.106. The van der Waals surface area contributed by atoms with Crippen LogP contribution in [-0.2, 0) is 4.79 Å². The minimum absolute atomic E-state index is 0.104. The van der Waals surface area contributed by atoms with Gasteiger partial charge >= 0.3 is 6.03 Å². The summed E-state index contributed by atoms with van der Waals surface area (Å²) >= 11 is 12.6. The average Bonchev–Trinajstić information content (AvgIpc) is 2.66. The largest absolute Gasteiger partial charge is 0.338 e. The molecule has 0 aliphatic rings. The number of carbonyl (C=O) groups excluding carboxylic acids is 2. The third-order valence-electron chi connectivity index (χ3n) is 4.28. The zero-order valence-corrected chi connectivity index (χ0v) is 17.6. The molecule has 3 amide bonds. The number of carbonyl (C=O) groups is 2. The SMILES string of the molecule is CCNC(=O)Nc1c(C)cnc2c(N(C=O)c3c(Cl)cc(C)nc3Cl)cccc12. The highest BCUT2D eigenvalue weighted by molar-refractivity contribution is 6.39. The van der Waals surface area contributed by atoms with Crippen molar-refractivity contribution in [1.82, 2.24) is 15.3 Å². The molecule has 0 bridgehead atoms. The van der Waals surface area contributed by atoms with E-state index in [0.29, 0.717) is 45.9 Å². The van der Waals surface area contributed by atoms with Crippen LogP contribution >= 0.6 is 23.2 Å². The van der Waals surface area contributed by atoms with Gasteiger partial charge in [0.2, 0.25) is 6.41 Å². The van der Waals surface area contributed by atoms with Crippen LogP contribution in [0, 0.1) is 13.8 Å². The van der Waals surface area contributed by atoms with Gasteiger partial charge < -0.3 is 10.6 Å². The van der Waals surface area contributed by atoms with Crippen molar-refractivity contribution in [2.24, 2.45) is 0 Å².